The van der Waals surface area contributed by atoms with Crippen molar-refractivity contribution in [3.63, 3.8) is 0 Å². The Balaban J connectivity index is 1.25. The summed E-state index contributed by atoms with van der Waals surface area (Å²) >= 11 is 0. The van der Waals surface area contributed by atoms with Crippen LogP contribution < -0.4 is 0 Å². The van der Waals surface area contributed by atoms with Gasteiger partial charge in [-0.2, -0.15) is 0 Å². The summed E-state index contributed by atoms with van der Waals surface area (Å²) in [5.74, 6) is 0. The van der Waals surface area contributed by atoms with E-state index in [4.69, 9.17) is 4.42 Å². The number of hydrogen-bond donors (Lipinski definition) is 0. The van der Waals surface area contributed by atoms with Gasteiger partial charge in [0.05, 0.1) is 16.6 Å². The third-order valence-corrected chi connectivity index (χ3v) is 8.54. The van der Waals surface area contributed by atoms with Gasteiger partial charge in [-0.1, -0.05) is 54.6 Å². The van der Waals surface area contributed by atoms with Crippen molar-refractivity contribution in [1.82, 2.24) is 14.1 Å². The summed E-state index contributed by atoms with van der Waals surface area (Å²) in [4.78, 5) is 4.39. The lowest BCUT2D eigenvalue weighted by atomic mass is 9.97. The molecule has 0 unspecified atom stereocenters. The van der Waals surface area contributed by atoms with Crippen LogP contribution in [-0.2, 0) is 6.42 Å². The Labute approximate surface area is 236 Å². The van der Waals surface area contributed by atoms with Crippen LogP contribution in [-0.4, -0.2) is 14.1 Å². The number of rotatable bonds is 3. The highest BCUT2D eigenvalue weighted by molar-refractivity contribution is 6.10. The first kappa shape index (κ1) is 22.5. The molecule has 0 amide bonds. The lowest BCUT2D eigenvalue weighted by Gasteiger charge is -2.11. The van der Waals surface area contributed by atoms with Crippen molar-refractivity contribution < 1.29 is 4.42 Å². The van der Waals surface area contributed by atoms with Gasteiger partial charge in [0.2, 0.25) is 0 Å². The molecule has 0 saturated carbocycles. The number of aryl methyl sites for hydroxylation is 1. The third-order valence-electron chi connectivity index (χ3n) is 8.54. The summed E-state index contributed by atoms with van der Waals surface area (Å²) in [5, 5.41) is 3.82. The third kappa shape index (κ3) is 3.31. The second-order valence-corrected chi connectivity index (χ2v) is 10.8. The van der Waals surface area contributed by atoms with Crippen molar-refractivity contribution in [2.45, 2.75) is 12.8 Å². The molecule has 1 aliphatic rings. The predicted octanol–water partition coefficient (Wildman–Crippen LogP) is 9.50. The van der Waals surface area contributed by atoms with Gasteiger partial charge in [-0.3, -0.25) is 0 Å². The van der Waals surface area contributed by atoms with Gasteiger partial charge in [0.1, 0.15) is 5.52 Å². The van der Waals surface area contributed by atoms with Crippen LogP contribution in [0.5, 0.6) is 0 Å². The van der Waals surface area contributed by atoms with Crippen molar-refractivity contribution >= 4 is 49.9 Å². The predicted molar refractivity (Wildman–Crippen MR) is 168 cm³/mol. The standard InChI is InChI=1S/C37H25N3O/c1-2-8-26(9-3-1)39-33-12-6-4-10-28(33)30-20-24(14-17-35(30)39)25-15-18-36-31(21-25)29-11-5-7-13-34(29)40(36)27-16-19-37-32(22-27)38-23-41-37/h1-3,5-9,11-23H,4,10H2. The fraction of sp³-hybridized carbons (Fsp3) is 0.0541. The summed E-state index contributed by atoms with van der Waals surface area (Å²) in [6.45, 7) is 0. The van der Waals surface area contributed by atoms with Crippen molar-refractivity contribution in [2.75, 3.05) is 0 Å². The van der Waals surface area contributed by atoms with Gasteiger partial charge in [-0.15, -0.1) is 0 Å². The summed E-state index contributed by atoms with van der Waals surface area (Å²) in [6, 6.07) is 39.4. The fourth-order valence-electron chi connectivity index (χ4n) is 6.69. The van der Waals surface area contributed by atoms with Crippen LogP contribution in [0.2, 0.25) is 0 Å². The Morgan fingerprint density at radius 2 is 1.37 bits per heavy atom. The zero-order chi connectivity index (χ0) is 26.9. The smallest absolute Gasteiger partial charge is 0.181 e. The van der Waals surface area contributed by atoms with Crippen molar-refractivity contribution in [1.29, 1.82) is 0 Å². The van der Waals surface area contributed by atoms with Crippen LogP contribution in [0.4, 0.5) is 0 Å². The molecule has 0 fully saturated rings. The molecule has 0 spiro atoms. The Kier molecular flexibility index (Phi) is 4.70. The van der Waals surface area contributed by atoms with E-state index in [-0.39, 0.29) is 0 Å². The van der Waals surface area contributed by atoms with Crippen LogP contribution in [0.3, 0.4) is 0 Å². The molecule has 0 N–H and O–H groups in total. The largest absolute Gasteiger partial charge is 0.443 e. The Morgan fingerprint density at radius 3 is 2.24 bits per heavy atom. The van der Waals surface area contributed by atoms with Crippen molar-refractivity contribution in [3.05, 3.63) is 133 Å². The van der Waals surface area contributed by atoms with Crippen LogP contribution >= 0.6 is 0 Å². The maximum Gasteiger partial charge on any atom is 0.181 e. The molecule has 41 heavy (non-hydrogen) atoms. The van der Waals surface area contributed by atoms with E-state index in [1.54, 1.807) is 0 Å². The Morgan fingerprint density at radius 1 is 0.610 bits per heavy atom. The number of oxazole rings is 1. The number of fused-ring (bicyclic) bond motifs is 7. The van der Waals surface area contributed by atoms with Crippen LogP contribution in [0.15, 0.2) is 126 Å². The minimum Gasteiger partial charge on any atom is -0.443 e. The van der Waals surface area contributed by atoms with Gasteiger partial charge in [0, 0.05) is 33.2 Å². The molecule has 9 rings (SSSR count). The van der Waals surface area contributed by atoms with Gasteiger partial charge in [-0.25, -0.2) is 4.98 Å². The SMILES string of the molecule is C1=Cc2c(c3cc(-c4ccc5c(c4)c4ccccc4n5-c4ccc5ocnc5c4)ccc3n2-c2ccccc2)CC1. The lowest BCUT2D eigenvalue weighted by molar-refractivity contribution is 0.602. The van der Waals surface area contributed by atoms with Crippen LogP contribution in [0, 0.1) is 0 Å². The van der Waals surface area contributed by atoms with Gasteiger partial charge in [0.15, 0.2) is 12.0 Å². The number of para-hydroxylation sites is 2. The highest BCUT2D eigenvalue weighted by Crippen LogP contribution is 2.39. The number of hydrogen-bond acceptors (Lipinski definition) is 2. The first-order valence-corrected chi connectivity index (χ1v) is 14.1. The molecule has 8 aromatic rings. The Bertz CT molecular complexity index is 2310. The van der Waals surface area contributed by atoms with E-state index in [0.717, 1.165) is 29.6 Å². The molecule has 194 valence electrons. The summed E-state index contributed by atoms with van der Waals surface area (Å²) in [6.07, 6.45) is 8.24. The molecule has 0 aliphatic heterocycles. The van der Waals surface area contributed by atoms with Gasteiger partial charge in [0.25, 0.3) is 0 Å². The van der Waals surface area contributed by atoms with Gasteiger partial charge >= 0.3 is 0 Å². The number of aromatic nitrogens is 3. The van der Waals surface area contributed by atoms with Crippen molar-refractivity contribution in [3.8, 4) is 22.5 Å². The zero-order valence-corrected chi connectivity index (χ0v) is 22.3. The minimum absolute atomic E-state index is 0.797. The topological polar surface area (TPSA) is 35.9 Å². The normalized spacial score (nSPS) is 13.1. The molecular formula is C37H25N3O. The van der Waals surface area contributed by atoms with E-state index in [9.17, 15) is 0 Å². The second kappa shape index (κ2) is 8.57. The van der Waals surface area contributed by atoms with E-state index >= 15 is 0 Å². The van der Waals surface area contributed by atoms with Gasteiger partial charge in [-0.05, 0) is 96.3 Å². The fourth-order valence-corrected chi connectivity index (χ4v) is 6.69. The van der Waals surface area contributed by atoms with E-state index in [1.807, 2.05) is 6.07 Å². The molecule has 0 atom stereocenters. The minimum atomic E-state index is 0.797. The van der Waals surface area contributed by atoms with Crippen LogP contribution in [0.1, 0.15) is 17.7 Å². The molecule has 0 radical (unpaired) electrons. The molecule has 5 aromatic carbocycles. The van der Waals surface area contributed by atoms with Crippen molar-refractivity contribution in [2.24, 2.45) is 0 Å². The summed E-state index contributed by atoms with van der Waals surface area (Å²) in [5.41, 5.74) is 12.8. The van der Waals surface area contributed by atoms with E-state index in [1.165, 1.54) is 67.2 Å². The quantitative estimate of drug-likeness (QED) is 0.229. The summed E-state index contributed by atoms with van der Waals surface area (Å²) in [7, 11) is 0. The molecule has 1 aliphatic carbocycles. The molecule has 3 heterocycles. The molecule has 0 bridgehead atoms. The maximum absolute atomic E-state index is 5.50. The monoisotopic (exact) mass is 527 g/mol. The first-order chi connectivity index (χ1) is 20.3. The molecular weight excluding hydrogens is 502 g/mol. The average molecular weight is 528 g/mol. The maximum atomic E-state index is 5.50. The first-order valence-electron chi connectivity index (χ1n) is 14.1. The van der Waals surface area contributed by atoms with Gasteiger partial charge < -0.3 is 13.6 Å². The van der Waals surface area contributed by atoms with Crippen LogP contribution in [0.25, 0.3) is 72.4 Å². The highest BCUT2D eigenvalue weighted by Gasteiger charge is 2.20. The van der Waals surface area contributed by atoms with E-state index in [2.05, 4.69) is 129 Å². The number of allylic oxidation sites excluding steroid dienone is 1. The highest BCUT2D eigenvalue weighted by atomic mass is 16.3. The number of nitrogens with zero attached hydrogens (tertiary/aromatic N) is 3. The molecule has 0 saturated heterocycles. The average Bonchev–Trinajstić information content (AvgIpc) is 3.73. The second-order valence-electron chi connectivity index (χ2n) is 10.8. The zero-order valence-electron chi connectivity index (χ0n) is 22.3. The molecule has 4 nitrogen and oxygen atoms in total. The van der Waals surface area contributed by atoms with E-state index < -0.39 is 0 Å². The lowest BCUT2D eigenvalue weighted by Crippen LogP contribution is -1.99. The Hall–Kier alpha value is -5.35. The summed E-state index contributed by atoms with van der Waals surface area (Å²) < 4.78 is 10.2. The molecule has 4 heteroatoms. The molecule has 3 aromatic heterocycles. The number of benzene rings is 5. The van der Waals surface area contributed by atoms with E-state index in [0.29, 0.717) is 0 Å².